The second kappa shape index (κ2) is 3.76. The summed E-state index contributed by atoms with van der Waals surface area (Å²) in [6.07, 6.45) is 0.423. The lowest BCUT2D eigenvalue weighted by Crippen LogP contribution is -1.95. The molecule has 1 aromatic rings. The number of carbonyl (C=O) groups is 1. The van der Waals surface area contributed by atoms with E-state index in [2.05, 4.69) is 15.9 Å². The number of hydrogen-bond acceptors (Lipinski definition) is 1. The van der Waals surface area contributed by atoms with E-state index in [-0.39, 0.29) is 12.0 Å². The summed E-state index contributed by atoms with van der Waals surface area (Å²) < 4.78 is 25.9. The number of benzene rings is 1. The normalized spacial score (nSPS) is 9.92. The Morgan fingerprint density at radius 3 is 2.67 bits per heavy atom. The van der Waals surface area contributed by atoms with Crippen LogP contribution in [0.25, 0.3) is 0 Å². The zero-order valence-electron chi connectivity index (χ0n) is 5.98. The minimum Gasteiger partial charge on any atom is -0.303 e. The Morgan fingerprint density at radius 1 is 1.42 bits per heavy atom. The van der Waals surface area contributed by atoms with Gasteiger partial charge in [-0.15, -0.1) is 0 Å². The predicted octanol–water partition coefficient (Wildman–Crippen LogP) is 2.47. The van der Waals surface area contributed by atoms with Crippen LogP contribution in [-0.4, -0.2) is 6.29 Å². The van der Waals surface area contributed by atoms with Gasteiger partial charge in [-0.1, -0.05) is 15.9 Å². The Morgan fingerprint density at radius 2 is 2.08 bits per heavy atom. The van der Waals surface area contributed by atoms with E-state index in [1.165, 1.54) is 6.07 Å². The second-order valence-corrected chi connectivity index (χ2v) is 3.15. The quantitative estimate of drug-likeness (QED) is 0.568. The van der Waals surface area contributed by atoms with E-state index in [0.29, 0.717) is 10.8 Å². The number of hydrogen-bond donors (Lipinski definition) is 0. The van der Waals surface area contributed by atoms with Crippen LogP contribution < -0.4 is 0 Å². The number of aldehydes is 1. The number of carbonyl (C=O) groups excluding carboxylic acids is 1. The molecule has 0 aliphatic rings. The van der Waals surface area contributed by atoms with E-state index in [1.54, 1.807) is 0 Å². The molecule has 1 nitrogen and oxygen atoms in total. The molecule has 0 saturated heterocycles. The highest BCUT2D eigenvalue weighted by Crippen LogP contribution is 2.18. The maximum atomic E-state index is 12.8. The van der Waals surface area contributed by atoms with Crippen LogP contribution >= 0.6 is 15.9 Å². The number of rotatable bonds is 2. The summed E-state index contributed by atoms with van der Waals surface area (Å²) in [7, 11) is 0. The first-order valence-electron chi connectivity index (χ1n) is 3.22. The smallest absolute Gasteiger partial charge is 0.162 e. The molecule has 0 spiro atoms. The van der Waals surface area contributed by atoms with E-state index in [4.69, 9.17) is 0 Å². The maximum Gasteiger partial charge on any atom is 0.162 e. The van der Waals surface area contributed by atoms with Crippen LogP contribution in [-0.2, 0) is 11.2 Å². The van der Waals surface area contributed by atoms with Crippen molar-refractivity contribution in [3.63, 3.8) is 0 Å². The van der Waals surface area contributed by atoms with Crippen molar-refractivity contribution in [2.75, 3.05) is 0 Å². The van der Waals surface area contributed by atoms with Gasteiger partial charge < -0.3 is 4.79 Å². The van der Waals surface area contributed by atoms with Crippen molar-refractivity contribution in [1.29, 1.82) is 0 Å². The highest BCUT2D eigenvalue weighted by molar-refractivity contribution is 9.10. The Labute approximate surface area is 76.5 Å². The Balaban J connectivity index is 3.17. The van der Waals surface area contributed by atoms with E-state index < -0.39 is 11.6 Å². The first-order chi connectivity index (χ1) is 5.65. The molecule has 0 saturated carbocycles. The van der Waals surface area contributed by atoms with E-state index in [0.717, 1.165) is 6.07 Å². The minimum absolute atomic E-state index is 0.0666. The van der Waals surface area contributed by atoms with Crippen LogP contribution in [0.4, 0.5) is 8.78 Å². The topological polar surface area (TPSA) is 17.1 Å². The fourth-order valence-corrected chi connectivity index (χ4v) is 1.32. The molecule has 0 amide bonds. The number of halogens is 3. The van der Waals surface area contributed by atoms with Crippen molar-refractivity contribution >= 4 is 22.2 Å². The van der Waals surface area contributed by atoms with Crippen molar-refractivity contribution in [3.05, 3.63) is 33.8 Å². The van der Waals surface area contributed by atoms with Crippen LogP contribution in [0.5, 0.6) is 0 Å². The molecule has 1 aromatic carbocycles. The summed E-state index contributed by atoms with van der Waals surface area (Å²) in [4.78, 5) is 10.0. The van der Waals surface area contributed by atoms with Crippen LogP contribution in [0.2, 0.25) is 0 Å². The average molecular weight is 235 g/mol. The van der Waals surface area contributed by atoms with Gasteiger partial charge >= 0.3 is 0 Å². The van der Waals surface area contributed by atoms with E-state index in [9.17, 15) is 13.6 Å². The first-order valence-corrected chi connectivity index (χ1v) is 4.01. The average Bonchev–Trinajstić information content (AvgIpc) is 2.00. The third kappa shape index (κ3) is 1.88. The molecule has 0 unspecified atom stereocenters. The largest absolute Gasteiger partial charge is 0.303 e. The standard InChI is InChI=1S/C8H5BrF2O/c9-6-3-5(1-2-12)8(11)7(10)4-6/h2-4H,1H2. The van der Waals surface area contributed by atoms with Crippen molar-refractivity contribution in [3.8, 4) is 0 Å². The third-order valence-corrected chi connectivity index (χ3v) is 1.83. The summed E-state index contributed by atoms with van der Waals surface area (Å²) >= 11 is 2.99. The van der Waals surface area contributed by atoms with Gasteiger partial charge in [-0.05, 0) is 17.7 Å². The summed E-state index contributed by atoms with van der Waals surface area (Å²) in [5, 5.41) is 0. The fourth-order valence-electron chi connectivity index (χ4n) is 0.848. The minimum atomic E-state index is -0.953. The fraction of sp³-hybridized carbons (Fsp3) is 0.125. The van der Waals surface area contributed by atoms with Gasteiger partial charge in [-0.25, -0.2) is 8.78 Å². The maximum absolute atomic E-state index is 12.8. The van der Waals surface area contributed by atoms with Crippen LogP contribution in [0.1, 0.15) is 5.56 Å². The Hall–Kier alpha value is -0.770. The molecular formula is C8H5BrF2O. The SMILES string of the molecule is O=CCc1cc(Br)cc(F)c1F. The molecule has 0 radical (unpaired) electrons. The van der Waals surface area contributed by atoms with Gasteiger partial charge in [-0.2, -0.15) is 0 Å². The molecule has 4 heteroatoms. The second-order valence-electron chi connectivity index (χ2n) is 2.23. The lowest BCUT2D eigenvalue weighted by Gasteiger charge is -2.00. The van der Waals surface area contributed by atoms with E-state index >= 15 is 0 Å². The van der Waals surface area contributed by atoms with Gasteiger partial charge in [0.05, 0.1) is 0 Å². The lowest BCUT2D eigenvalue weighted by molar-refractivity contribution is -0.107. The molecule has 64 valence electrons. The van der Waals surface area contributed by atoms with Crippen molar-refractivity contribution in [1.82, 2.24) is 0 Å². The van der Waals surface area contributed by atoms with Gasteiger partial charge in [0, 0.05) is 10.9 Å². The molecule has 0 heterocycles. The molecule has 0 aromatic heterocycles. The van der Waals surface area contributed by atoms with Gasteiger partial charge in [0.15, 0.2) is 11.6 Å². The highest BCUT2D eigenvalue weighted by Gasteiger charge is 2.08. The van der Waals surface area contributed by atoms with Crippen molar-refractivity contribution < 1.29 is 13.6 Å². The van der Waals surface area contributed by atoms with Crippen molar-refractivity contribution in [2.24, 2.45) is 0 Å². The highest BCUT2D eigenvalue weighted by atomic mass is 79.9. The van der Waals surface area contributed by atoms with Crippen LogP contribution in [0.15, 0.2) is 16.6 Å². The van der Waals surface area contributed by atoms with Gasteiger partial charge in [-0.3, -0.25) is 0 Å². The summed E-state index contributed by atoms with van der Waals surface area (Å²) in [5.74, 6) is -1.90. The van der Waals surface area contributed by atoms with Crippen molar-refractivity contribution in [2.45, 2.75) is 6.42 Å². The lowest BCUT2D eigenvalue weighted by atomic mass is 10.1. The van der Waals surface area contributed by atoms with Gasteiger partial charge in [0.1, 0.15) is 6.29 Å². The molecule has 0 N–H and O–H groups in total. The predicted molar refractivity (Wildman–Crippen MR) is 43.8 cm³/mol. The molecule has 0 aliphatic heterocycles. The molecule has 0 atom stereocenters. The Bertz CT molecular complexity index is 312. The summed E-state index contributed by atoms with van der Waals surface area (Å²) in [6.45, 7) is 0. The van der Waals surface area contributed by atoms with E-state index in [1.807, 2.05) is 0 Å². The summed E-state index contributed by atoms with van der Waals surface area (Å²) in [6, 6.07) is 2.40. The van der Waals surface area contributed by atoms with Gasteiger partial charge in [0.25, 0.3) is 0 Å². The van der Waals surface area contributed by atoms with Crippen LogP contribution in [0, 0.1) is 11.6 Å². The monoisotopic (exact) mass is 234 g/mol. The molecule has 12 heavy (non-hydrogen) atoms. The van der Waals surface area contributed by atoms with Crippen LogP contribution in [0.3, 0.4) is 0 Å². The molecule has 0 fully saturated rings. The molecule has 1 rings (SSSR count). The summed E-state index contributed by atoms with van der Waals surface area (Å²) in [5.41, 5.74) is 0.0666. The molecular weight excluding hydrogens is 230 g/mol. The molecule has 0 aliphatic carbocycles. The van der Waals surface area contributed by atoms with Gasteiger partial charge in [0.2, 0.25) is 0 Å². The Kier molecular flexibility index (Phi) is 2.92. The zero-order valence-corrected chi connectivity index (χ0v) is 7.57. The first kappa shape index (κ1) is 9.32. The third-order valence-electron chi connectivity index (χ3n) is 1.37. The molecule has 0 bridgehead atoms. The zero-order chi connectivity index (χ0) is 9.14.